The number of ether oxygens (including phenoxy) is 1. The molecule has 1 fully saturated rings. The van der Waals surface area contributed by atoms with Crippen molar-refractivity contribution < 1.29 is 9.84 Å². The summed E-state index contributed by atoms with van der Waals surface area (Å²) in [6.07, 6.45) is 5.52. The second-order valence-electron chi connectivity index (χ2n) is 4.30. The van der Waals surface area contributed by atoms with E-state index in [-0.39, 0.29) is 6.10 Å². The van der Waals surface area contributed by atoms with Gasteiger partial charge < -0.3 is 14.7 Å². The first-order valence-corrected chi connectivity index (χ1v) is 5.81. The first-order valence-electron chi connectivity index (χ1n) is 5.81. The lowest BCUT2D eigenvalue weighted by atomic mass is 10.1. The number of hydrogen-bond acceptors (Lipinski definition) is 3. The molecular formula is C12H23NO2. The van der Waals surface area contributed by atoms with Crippen LogP contribution in [0.4, 0.5) is 0 Å². The zero-order valence-electron chi connectivity index (χ0n) is 9.69. The van der Waals surface area contributed by atoms with Gasteiger partial charge in [-0.05, 0) is 32.7 Å². The molecule has 0 aliphatic carbocycles. The molecule has 1 N–H and O–H groups in total. The predicted octanol–water partition coefficient (Wildman–Crippen LogP) is 1.42. The van der Waals surface area contributed by atoms with Crippen molar-refractivity contribution in [1.29, 1.82) is 0 Å². The van der Waals surface area contributed by atoms with Gasteiger partial charge in [0.1, 0.15) is 0 Å². The van der Waals surface area contributed by atoms with Crippen molar-refractivity contribution in [2.75, 3.05) is 26.8 Å². The van der Waals surface area contributed by atoms with E-state index < -0.39 is 0 Å². The summed E-state index contributed by atoms with van der Waals surface area (Å²) in [5.41, 5.74) is 0. The maximum atomic E-state index is 9.76. The van der Waals surface area contributed by atoms with Crippen LogP contribution < -0.4 is 0 Å². The number of hydrogen-bond donors (Lipinski definition) is 1. The maximum absolute atomic E-state index is 9.76. The van der Waals surface area contributed by atoms with Crippen LogP contribution in [0.3, 0.4) is 0 Å². The van der Waals surface area contributed by atoms with Gasteiger partial charge in [-0.3, -0.25) is 0 Å². The van der Waals surface area contributed by atoms with Gasteiger partial charge >= 0.3 is 0 Å². The van der Waals surface area contributed by atoms with Crippen LogP contribution >= 0.6 is 0 Å². The van der Waals surface area contributed by atoms with E-state index in [1.54, 1.807) is 0 Å². The van der Waals surface area contributed by atoms with Crippen LogP contribution in [0.25, 0.3) is 0 Å². The Morgan fingerprint density at radius 1 is 1.53 bits per heavy atom. The zero-order valence-corrected chi connectivity index (χ0v) is 9.69. The van der Waals surface area contributed by atoms with E-state index >= 15 is 0 Å². The molecule has 1 heterocycles. The van der Waals surface area contributed by atoms with Crippen molar-refractivity contribution >= 4 is 0 Å². The first-order chi connectivity index (χ1) is 7.24. The van der Waals surface area contributed by atoms with Crippen LogP contribution in [0.15, 0.2) is 12.7 Å². The van der Waals surface area contributed by atoms with E-state index in [9.17, 15) is 5.11 Å². The largest absolute Gasteiger partial charge is 0.392 e. The van der Waals surface area contributed by atoms with E-state index in [1.165, 1.54) is 0 Å². The molecule has 0 spiro atoms. The average Bonchev–Trinajstić information content (AvgIpc) is 2.27. The quantitative estimate of drug-likeness (QED) is 0.677. The molecular weight excluding hydrogens is 190 g/mol. The molecule has 0 aromatic rings. The molecule has 0 aromatic heterocycles. The predicted molar refractivity (Wildman–Crippen MR) is 61.9 cm³/mol. The minimum atomic E-state index is -0.226. The Hall–Kier alpha value is -0.380. The van der Waals surface area contributed by atoms with Crippen molar-refractivity contribution in [3.05, 3.63) is 12.7 Å². The van der Waals surface area contributed by atoms with E-state index in [1.807, 2.05) is 6.08 Å². The van der Waals surface area contributed by atoms with Crippen LogP contribution in [0.5, 0.6) is 0 Å². The van der Waals surface area contributed by atoms with Crippen molar-refractivity contribution in [1.82, 2.24) is 4.90 Å². The molecule has 1 saturated heterocycles. The molecule has 15 heavy (non-hydrogen) atoms. The standard InChI is InChI=1S/C12H23NO2/c1-3-4-5-12(14)10-13(2)11-6-8-15-9-7-11/h3,11-12,14H,1,4-10H2,2H3. The average molecular weight is 213 g/mol. The first kappa shape index (κ1) is 12.7. The number of rotatable bonds is 6. The van der Waals surface area contributed by atoms with Crippen LogP contribution in [0.2, 0.25) is 0 Å². The number of nitrogens with zero attached hydrogens (tertiary/aromatic N) is 1. The van der Waals surface area contributed by atoms with Crippen molar-refractivity contribution in [2.24, 2.45) is 0 Å². The number of aliphatic hydroxyl groups excluding tert-OH is 1. The molecule has 0 bridgehead atoms. The van der Waals surface area contributed by atoms with Gasteiger partial charge in [0.25, 0.3) is 0 Å². The van der Waals surface area contributed by atoms with Crippen molar-refractivity contribution in [3.63, 3.8) is 0 Å². The third-order valence-corrected chi connectivity index (χ3v) is 3.02. The fourth-order valence-electron chi connectivity index (χ4n) is 2.01. The second kappa shape index (κ2) is 6.99. The minimum absolute atomic E-state index is 0.226. The van der Waals surface area contributed by atoms with Gasteiger partial charge in [-0.25, -0.2) is 0 Å². The normalized spacial score (nSPS) is 20.5. The molecule has 3 nitrogen and oxygen atoms in total. The lowest BCUT2D eigenvalue weighted by Crippen LogP contribution is -2.40. The topological polar surface area (TPSA) is 32.7 Å². The molecule has 1 atom stereocenters. The van der Waals surface area contributed by atoms with Gasteiger partial charge in [0, 0.05) is 25.8 Å². The zero-order chi connectivity index (χ0) is 11.1. The summed E-state index contributed by atoms with van der Waals surface area (Å²) in [5, 5.41) is 9.76. The minimum Gasteiger partial charge on any atom is -0.392 e. The molecule has 1 unspecified atom stereocenters. The lowest BCUT2D eigenvalue weighted by Gasteiger charge is -2.32. The highest BCUT2D eigenvalue weighted by molar-refractivity contribution is 4.76. The van der Waals surface area contributed by atoms with Crippen molar-refractivity contribution in [2.45, 2.75) is 37.8 Å². The Morgan fingerprint density at radius 2 is 2.20 bits per heavy atom. The van der Waals surface area contributed by atoms with E-state index in [0.29, 0.717) is 6.04 Å². The molecule has 3 heteroatoms. The van der Waals surface area contributed by atoms with Gasteiger partial charge in [-0.2, -0.15) is 0 Å². The molecule has 88 valence electrons. The number of allylic oxidation sites excluding steroid dienone is 1. The highest BCUT2D eigenvalue weighted by atomic mass is 16.5. The molecule has 0 saturated carbocycles. The SMILES string of the molecule is C=CCCC(O)CN(C)C1CCOCC1. The van der Waals surface area contributed by atoms with E-state index in [4.69, 9.17) is 4.74 Å². The number of aliphatic hydroxyl groups is 1. The molecule has 0 amide bonds. The van der Waals surface area contributed by atoms with Gasteiger partial charge in [0.15, 0.2) is 0 Å². The summed E-state index contributed by atoms with van der Waals surface area (Å²) >= 11 is 0. The Labute approximate surface area is 92.7 Å². The summed E-state index contributed by atoms with van der Waals surface area (Å²) in [4.78, 5) is 2.26. The molecule has 0 aromatic carbocycles. The van der Waals surface area contributed by atoms with Crippen LogP contribution in [-0.4, -0.2) is 49.0 Å². The summed E-state index contributed by atoms with van der Waals surface area (Å²) < 4.78 is 5.32. The Kier molecular flexibility index (Phi) is 5.91. The van der Waals surface area contributed by atoms with E-state index in [0.717, 1.165) is 45.4 Å². The maximum Gasteiger partial charge on any atom is 0.0670 e. The smallest absolute Gasteiger partial charge is 0.0670 e. The third kappa shape index (κ3) is 4.78. The van der Waals surface area contributed by atoms with Gasteiger partial charge in [0.2, 0.25) is 0 Å². The molecule has 1 aliphatic rings. The fraction of sp³-hybridized carbons (Fsp3) is 0.833. The van der Waals surface area contributed by atoms with Gasteiger partial charge in [0.05, 0.1) is 6.10 Å². The second-order valence-corrected chi connectivity index (χ2v) is 4.30. The summed E-state index contributed by atoms with van der Waals surface area (Å²) in [7, 11) is 2.09. The van der Waals surface area contributed by atoms with Gasteiger partial charge in [-0.1, -0.05) is 6.08 Å². The highest BCUT2D eigenvalue weighted by Gasteiger charge is 2.19. The summed E-state index contributed by atoms with van der Waals surface area (Å²) in [6, 6.07) is 0.581. The Balaban J connectivity index is 2.20. The third-order valence-electron chi connectivity index (χ3n) is 3.02. The summed E-state index contributed by atoms with van der Waals surface area (Å²) in [5.74, 6) is 0. The lowest BCUT2D eigenvalue weighted by molar-refractivity contribution is 0.0244. The number of likely N-dealkylation sites (N-methyl/N-ethyl adjacent to an activating group) is 1. The Bertz CT molecular complexity index is 178. The van der Waals surface area contributed by atoms with Crippen LogP contribution in [0, 0.1) is 0 Å². The fourth-order valence-corrected chi connectivity index (χ4v) is 2.01. The monoisotopic (exact) mass is 213 g/mol. The van der Waals surface area contributed by atoms with Crippen molar-refractivity contribution in [3.8, 4) is 0 Å². The van der Waals surface area contributed by atoms with Crippen LogP contribution in [0.1, 0.15) is 25.7 Å². The molecule has 0 radical (unpaired) electrons. The Morgan fingerprint density at radius 3 is 2.80 bits per heavy atom. The van der Waals surface area contributed by atoms with Crippen LogP contribution in [-0.2, 0) is 4.74 Å². The van der Waals surface area contributed by atoms with Gasteiger partial charge in [-0.15, -0.1) is 6.58 Å². The summed E-state index contributed by atoms with van der Waals surface area (Å²) in [6.45, 7) is 6.14. The highest BCUT2D eigenvalue weighted by Crippen LogP contribution is 2.13. The molecule has 1 aliphatic heterocycles. The van der Waals surface area contributed by atoms with E-state index in [2.05, 4.69) is 18.5 Å². The molecule has 1 rings (SSSR count).